The van der Waals surface area contributed by atoms with E-state index in [4.69, 9.17) is 4.74 Å². The molecule has 35 heavy (non-hydrogen) atoms. The molecular weight excluding hydrogens is 428 g/mol. The van der Waals surface area contributed by atoms with E-state index < -0.39 is 0 Å². The number of benzene rings is 1. The highest BCUT2D eigenvalue weighted by atomic mass is 16.5. The van der Waals surface area contributed by atoms with Crippen molar-refractivity contribution in [1.82, 2.24) is 0 Å². The van der Waals surface area contributed by atoms with Crippen molar-refractivity contribution in [3.8, 4) is 0 Å². The Morgan fingerprint density at radius 1 is 0.743 bits per heavy atom. The highest BCUT2D eigenvalue weighted by Crippen LogP contribution is 2.43. The molecule has 0 saturated heterocycles. The van der Waals surface area contributed by atoms with Crippen LogP contribution in [0.2, 0.25) is 0 Å². The molecule has 0 unspecified atom stereocenters. The number of carbonyl (C=O) groups excluding carboxylic acids is 1. The minimum atomic E-state index is 0.121. The lowest BCUT2D eigenvalue weighted by atomic mass is 9.68. The Labute approximate surface area is 216 Å². The minimum absolute atomic E-state index is 0.121. The molecular formula is C33H52O2. The number of hydrogen-bond donors (Lipinski definition) is 0. The molecule has 3 aliphatic rings. The van der Waals surface area contributed by atoms with Gasteiger partial charge in [0.05, 0.1) is 5.92 Å². The van der Waals surface area contributed by atoms with Crippen molar-refractivity contribution in [2.24, 2.45) is 23.7 Å². The summed E-state index contributed by atoms with van der Waals surface area (Å²) in [5.74, 6) is 3.73. The molecule has 0 atom stereocenters. The van der Waals surface area contributed by atoms with Gasteiger partial charge in [-0.2, -0.15) is 0 Å². The van der Waals surface area contributed by atoms with Crippen LogP contribution >= 0.6 is 0 Å². The predicted octanol–water partition coefficient (Wildman–Crippen LogP) is 9.40. The van der Waals surface area contributed by atoms with Crippen molar-refractivity contribution >= 4 is 5.97 Å². The molecule has 0 amide bonds. The highest BCUT2D eigenvalue weighted by Gasteiger charge is 2.34. The van der Waals surface area contributed by atoms with Crippen LogP contribution in [0.15, 0.2) is 24.3 Å². The third-order valence-electron chi connectivity index (χ3n) is 9.83. The minimum Gasteiger partial charge on any atom is -0.462 e. The van der Waals surface area contributed by atoms with Crippen LogP contribution in [0.25, 0.3) is 0 Å². The molecule has 0 radical (unpaired) electrons. The fourth-order valence-electron chi connectivity index (χ4n) is 7.48. The summed E-state index contributed by atoms with van der Waals surface area (Å²) in [6.45, 7) is 4.55. The molecule has 0 aliphatic heterocycles. The van der Waals surface area contributed by atoms with Crippen LogP contribution in [0.3, 0.4) is 0 Å². The van der Waals surface area contributed by atoms with E-state index in [0.717, 1.165) is 56.3 Å². The van der Waals surface area contributed by atoms with E-state index in [2.05, 4.69) is 38.1 Å². The SMILES string of the molecule is CCCCC[C@H]1CC[C@H](C2CCC(C(=O)O[C@H]3CC[C@H](c4ccc(CCC)cc4)CC3)CC2)CC1. The zero-order chi connectivity index (χ0) is 24.5. The third kappa shape index (κ3) is 7.83. The van der Waals surface area contributed by atoms with E-state index in [9.17, 15) is 4.79 Å². The summed E-state index contributed by atoms with van der Waals surface area (Å²) >= 11 is 0. The Balaban J connectivity index is 1.13. The molecule has 2 nitrogen and oxygen atoms in total. The van der Waals surface area contributed by atoms with Gasteiger partial charge in [-0.15, -0.1) is 0 Å². The van der Waals surface area contributed by atoms with Crippen LogP contribution in [0.5, 0.6) is 0 Å². The van der Waals surface area contributed by atoms with Gasteiger partial charge in [0.25, 0.3) is 0 Å². The first kappa shape index (κ1) is 26.7. The lowest BCUT2D eigenvalue weighted by Gasteiger charge is -2.38. The number of ether oxygens (including phenoxy) is 1. The van der Waals surface area contributed by atoms with Crippen LogP contribution in [-0.2, 0) is 16.0 Å². The molecule has 2 heteroatoms. The molecule has 1 aromatic carbocycles. The molecule has 1 aromatic rings. The van der Waals surface area contributed by atoms with Gasteiger partial charge in [-0.25, -0.2) is 0 Å². The summed E-state index contributed by atoms with van der Waals surface area (Å²) < 4.78 is 6.07. The van der Waals surface area contributed by atoms with Gasteiger partial charge in [0.2, 0.25) is 0 Å². The van der Waals surface area contributed by atoms with E-state index in [-0.39, 0.29) is 18.0 Å². The normalized spacial score (nSPS) is 31.7. The summed E-state index contributed by atoms with van der Waals surface area (Å²) in [5, 5.41) is 0. The highest BCUT2D eigenvalue weighted by molar-refractivity contribution is 5.72. The van der Waals surface area contributed by atoms with E-state index in [1.54, 1.807) is 0 Å². The second kappa shape index (κ2) is 13.8. The molecule has 0 spiro atoms. The van der Waals surface area contributed by atoms with Gasteiger partial charge < -0.3 is 4.74 Å². The lowest BCUT2D eigenvalue weighted by molar-refractivity contribution is -0.157. The van der Waals surface area contributed by atoms with Gasteiger partial charge in [-0.3, -0.25) is 4.79 Å². The van der Waals surface area contributed by atoms with Crippen molar-refractivity contribution < 1.29 is 9.53 Å². The maximum Gasteiger partial charge on any atom is 0.309 e. The van der Waals surface area contributed by atoms with Gasteiger partial charge in [0, 0.05) is 0 Å². The first-order valence-corrected chi connectivity index (χ1v) is 15.5. The molecule has 0 aromatic heterocycles. The third-order valence-corrected chi connectivity index (χ3v) is 9.83. The maximum atomic E-state index is 12.9. The van der Waals surface area contributed by atoms with Gasteiger partial charge in [0.15, 0.2) is 0 Å². The second-order valence-corrected chi connectivity index (χ2v) is 12.3. The fourth-order valence-corrected chi connectivity index (χ4v) is 7.48. The summed E-state index contributed by atoms with van der Waals surface area (Å²) in [5.41, 5.74) is 2.92. The summed E-state index contributed by atoms with van der Waals surface area (Å²) in [6.07, 6.45) is 23.0. The summed E-state index contributed by atoms with van der Waals surface area (Å²) in [4.78, 5) is 12.9. The first-order chi connectivity index (χ1) is 17.2. The van der Waals surface area contributed by atoms with Crippen molar-refractivity contribution in [3.05, 3.63) is 35.4 Å². The Morgan fingerprint density at radius 2 is 1.37 bits per heavy atom. The summed E-state index contributed by atoms with van der Waals surface area (Å²) in [7, 11) is 0. The average Bonchev–Trinajstić information content (AvgIpc) is 2.90. The van der Waals surface area contributed by atoms with Gasteiger partial charge in [-0.1, -0.05) is 83.1 Å². The topological polar surface area (TPSA) is 26.3 Å². The molecule has 3 saturated carbocycles. The summed E-state index contributed by atoms with van der Waals surface area (Å²) in [6, 6.07) is 9.28. The molecule has 3 fully saturated rings. The molecule has 4 rings (SSSR count). The predicted molar refractivity (Wildman–Crippen MR) is 147 cm³/mol. The van der Waals surface area contributed by atoms with Crippen molar-refractivity contribution in [3.63, 3.8) is 0 Å². The van der Waals surface area contributed by atoms with E-state index in [0.29, 0.717) is 5.92 Å². The number of esters is 1. The van der Waals surface area contributed by atoms with Crippen molar-refractivity contribution in [2.45, 2.75) is 141 Å². The zero-order valence-electron chi connectivity index (χ0n) is 22.8. The fraction of sp³-hybridized carbons (Fsp3) is 0.788. The average molecular weight is 481 g/mol. The molecule has 0 N–H and O–H groups in total. The number of rotatable bonds is 10. The van der Waals surface area contributed by atoms with Crippen molar-refractivity contribution in [1.29, 1.82) is 0 Å². The Hall–Kier alpha value is -1.31. The van der Waals surface area contributed by atoms with Crippen LogP contribution in [0, 0.1) is 23.7 Å². The van der Waals surface area contributed by atoms with E-state index in [1.165, 1.54) is 88.2 Å². The van der Waals surface area contributed by atoms with Gasteiger partial charge >= 0.3 is 5.97 Å². The van der Waals surface area contributed by atoms with E-state index in [1.807, 2.05) is 0 Å². The Morgan fingerprint density at radius 3 is 1.97 bits per heavy atom. The molecule has 3 aliphatic carbocycles. The second-order valence-electron chi connectivity index (χ2n) is 12.3. The number of unbranched alkanes of at least 4 members (excludes halogenated alkanes) is 2. The van der Waals surface area contributed by atoms with Crippen molar-refractivity contribution in [2.75, 3.05) is 0 Å². The number of carbonyl (C=O) groups is 1. The van der Waals surface area contributed by atoms with Crippen LogP contribution in [-0.4, -0.2) is 12.1 Å². The first-order valence-electron chi connectivity index (χ1n) is 15.5. The van der Waals surface area contributed by atoms with Gasteiger partial charge in [0.1, 0.15) is 6.10 Å². The smallest absolute Gasteiger partial charge is 0.309 e. The quantitative estimate of drug-likeness (QED) is 0.246. The zero-order valence-corrected chi connectivity index (χ0v) is 22.8. The van der Waals surface area contributed by atoms with Gasteiger partial charge in [-0.05, 0) is 105 Å². The number of aryl methyl sites for hydroxylation is 1. The largest absolute Gasteiger partial charge is 0.462 e. The van der Waals surface area contributed by atoms with Crippen LogP contribution in [0.1, 0.15) is 140 Å². The number of hydrogen-bond acceptors (Lipinski definition) is 2. The maximum absolute atomic E-state index is 12.9. The molecule has 0 bridgehead atoms. The standard InChI is InChI=1S/C33H52O2/c1-3-5-6-8-26-11-15-27(16-12-26)29-17-19-31(20-18-29)33(34)35-32-23-21-30(22-24-32)28-13-9-25(7-4-2)10-14-28/h9-10,13-14,26-27,29-32H,3-8,11-12,15-24H2,1-2H3/t26-,27-,29?,30-,31?,32-. The van der Waals surface area contributed by atoms with Crippen LogP contribution in [0.4, 0.5) is 0 Å². The molecule has 0 heterocycles. The Bertz CT molecular complexity index is 729. The monoisotopic (exact) mass is 480 g/mol. The Kier molecular flexibility index (Phi) is 10.6. The lowest BCUT2D eigenvalue weighted by Crippen LogP contribution is -2.32. The van der Waals surface area contributed by atoms with E-state index >= 15 is 0 Å². The van der Waals surface area contributed by atoms with Crippen LogP contribution < -0.4 is 0 Å². The molecule has 196 valence electrons.